The van der Waals surface area contributed by atoms with Crippen LogP contribution in [0.5, 0.6) is 0 Å². The average molecular weight is 421 g/mol. The molecule has 0 aliphatic carbocycles. The van der Waals surface area contributed by atoms with E-state index in [4.69, 9.17) is 5.73 Å². The van der Waals surface area contributed by atoms with E-state index in [1.54, 1.807) is 24.3 Å². The molecule has 160 valence electrons. The highest BCUT2D eigenvalue weighted by molar-refractivity contribution is 5.92. The Hall–Kier alpha value is -3.88. The van der Waals surface area contributed by atoms with E-state index in [-0.39, 0.29) is 24.9 Å². The minimum Gasteiger partial charge on any atom is -0.368 e. The molecule has 4 N–H and O–H groups in total. The van der Waals surface area contributed by atoms with Crippen LogP contribution in [0.1, 0.15) is 18.4 Å². The van der Waals surface area contributed by atoms with Crippen LogP contribution in [0.4, 0.5) is 4.79 Å². The first-order valence-corrected chi connectivity index (χ1v) is 10.1. The lowest BCUT2D eigenvalue weighted by molar-refractivity contribution is -0.120. The van der Waals surface area contributed by atoms with Crippen LogP contribution in [0, 0.1) is 0 Å². The van der Waals surface area contributed by atoms with Crippen molar-refractivity contribution in [1.82, 2.24) is 19.8 Å². The van der Waals surface area contributed by atoms with Crippen molar-refractivity contribution >= 4 is 28.9 Å². The molecule has 9 nitrogen and oxygen atoms in total. The molecule has 1 fully saturated rings. The molecule has 0 spiro atoms. The number of nitrogens with two attached hydrogens (primary N) is 1. The second-order valence-corrected chi connectivity index (χ2v) is 7.61. The van der Waals surface area contributed by atoms with Crippen LogP contribution in [-0.2, 0) is 22.6 Å². The molecular formula is C22H23N5O4. The third-order valence-corrected chi connectivity index (χ3v) is 5.45. The summed E-state index contributed by atoms with van der Waals surface area (Å²) in [6.45, 7) is 0.259. The molecule has 4 rings (SSSR count). The molecule has 0 radical (unpaired) electrons. The van der Waals surface area contributed by atoms with Crippen molar-refractivity contribution in [2.75, 3.05) is 0 Å². The van der Waals surface area contributed by atoms with E-state index < -0.39 is 23.7 Å². The molecule has 2 heterocycles. The van der Waals surface area contributed by atoms with Crippen LogP contribution in [-0.4, -0.2) is 39.1 Å². The first-order chi connectivity index (χ1) is 14.9. The zero-order valence-corrected chi connectivity index (χ0v) is 16.8. The third kappa shape index (κ3) is 4.20. The lowest BCUT2D eigenvalue weighted by atomic mass is 10.1. The highest BCUT2D eigenvalue weighted by Gasteiger charge is 2.26. The van der Waals surface area contributed by atoms with E-state index in [9.17, 15) is 19.2 Å². The summed E-state index contributed by atoms with van der Waals surface area (Å²) in [5, 5.41) is 5.43. The molecule has 3 amide bonds. The zero-order valence-electron chi connectivity index (χ0n) is 16.8. The van der Waals surface area contributed by atoms with Crippen LogP contribution in [0.15, 0.2) is 59.4 Å². The minimum atomic E-state index is -0.974. The number of para-hydroxylation sites is 2. The summed E-state index contributed by atoms with van der Waals surface area (Å²) in [5.74, 6) is -0.743. The normalized spacial score (nSPS) is 16.8. The average Bonchev–Trinajstić information content (AvgIpc) is 3.29. The number of nitrogens with zero attached hydrogens (tertiary/aromatic N) is 2. The summed E-state index contributed by atoms with van der Waals surface area (Å²) in [5.41, 5.74) is 6.78. The number of benzene rings is 2. The van der Waals surface area contributed by atoms with Gasteiger partial charge in [-0.15, -0.1) is 0 Å². The number of rotatable bonds is 6. The van der Waals surface area contributed by atoms with Crippen LogP contribution in [0.2, 0.25) is 0 Å². The van der Waals surface area contributed by atoms with E-state index in [2.05, 4.69) is 10.6 Å². The summed E-state index contributed by atoms with van der Waals surface area (Å²) in [6.07, 6.45) is 1.25. The molecule has 1 aromatic heterocycles. The first kappa shape index (κ1) is 20.4. The van der Waals surface area contributed by atoms with Crippen LogP contribution < -0.4 is 22.1 Å². The van der Waals surface area contributed by atoms with Gasteiger partial charge < -0.3 is 16.4 Å². The van der Waals surface area contributed by atoms with E-state index in [0.717, 1.165) is 10.1 Å². The molecule has 9 heteroatoms. The quantitative estimate of drug-likeness (QED) is 0.542. The number of imidazole rings is 1. The largest absolute Gasteiger partial charge is 0.368 e. The van der Waals surface area contributed by atoms with Gasteiger partial charge in [-0.25, -0.2) is 14.2 Å². The molecule has 1 aliphatic heterocycles. The topological polar surface area (TPSA) is 128 Å². The highest BCUT2D eigenvalue weighted by atomic mass is 16.2. The monoisotopic (exact) mass is 421 g/mol. The number of primary amides is 1. The van der Waals surface area contributed by atoms with Gasteiger partial charge in [0, 0.05) is 25.4 Å². The number of amides is 3. The Labute approximate surface area is 177 Å². The number of fused-ring (bicyclic) bond motifs is 1. The van der Waals surface area contributed by atoms with Crippen molar-refractivity contribution in [2.45, 2.75) is 37.9 Å². The van der Waals surface area contributed by atoms with Gasteiger partial charge in [-0.05, 0) is 24.1 Å². The van der Waals surface area contributed by atoms with Crippen LogP contribution in [0.3, 0.4) is 0 Å². The maximum Gasteiger partial charge on any atom is 0.337 e. The molecule has 2 atom stereocenters. The number of hydrogen-bond donors (Lipinski definition) is 3. The van der Waals surface area contributed by atoms with Crippen molar-refractivity contribution < 1.29 is 14.4 Å². The highest BCUT2D eigenvalue weighted by Crippen LogP contribution is 2.16. The maximum atomic E-state index is 13.1. The number of aromatic nitrogens is 2. The van der Waals surface area contributed by atoms with Crippen molar-refractivity contribution in [1.29, 1.82) is 0 Å². The van der Waals surface area contributed by atoms with Crippen molar-refractivity contribution in [2.24, 2.45) is 5.73 Å². The Morgan fingerprint density at radius 2 is 1.74 bits per heavy atom. The molecule has 31 heavy (non-hydrogen) atoms. The van der Waals surface area contributed by atoms with Crippen LogP contribution >= 0.6 is 0 Å². The minimum absolute atomic E-state index is 0.0512. The van der Waals surface area contributed by atoms with E-state index in [1.807, 2.05) is 30.3 Å². The van der Waals surface area contributed by atoms with E-state index in [1.165, 1.54) is 4.57 Å². The van der Waals surface area contributed by atoms with Crippen molar-refractivity contribution in [3.05, 3.63) is 70.6 Å². The Morgan fingerprint density at radius 3 is 2.39 bits per heavy atom. The Morgan fingerprint density at radius 1 is 1.06 bits per heavy atom. The number of hydrogen-bond acceptors (Lipinski definition) is 4. The predicted molar refractivity (Wildman–Crippen MR) is 114 cm³/mol. The Bertz CT molecular complexity index is 1200. The fourth-order valence-electron chi connectivity index (χ4n) is 3.90. The van der Waals surface area contributed by atoms with Gasteiger partial charge in [-0.1, -0.05) is 42.5 Å². The number of carbonyl (C=O) groups excluding carboxylic acids is 3. The van der Waals surface area contributed by atoms with Gasteiger partial charge in [-0.3, -0.25) is 14.2 Å². The maximum absolute atomic E-state index is 13.1. The van der Waals surface area contributed by atoms with Gasteiger partial charge >= 0.3 is 11.7 Å². The lowest BCUT2D eigenvalue weighted by Crippen LogP contribution is -2.49. The van der Waals surface area contributed by atoms with Crippen molar-refractivity contribution in [3.8, 4) is 0 Å². The Balaban J connectivity index is 1.64. The first-order valence-electron chi connectivity index (χ1n) is 10.1. The second kappa shape index (κ2) is 8.47. The van der Waals surface area contributed by atoms with Gasteiger partial charge in [0.2, 0.25) is 11.8 Å². The molecule has 1 aliphatic rings. The number of nitrogens with one attached hydrogen (secondary N) is 2. The fraction of sp³-hybridized carbons (Fsp3) is 0.273. The van der Waals surface area contributed by atoms with Gasteiger partial charge in [0.15, 0.2) is 0 Å². The van der Waals surface area contributed by atoms with Crippen LogP contribution in [0.25, 0.3) is 11.0 Å². The second-order valence-electron chi connectivity index (χ2n) is 7.61. The summed E-state index contributed by atoms with van der Waals surface area (Å²) >= 11 is 0. The SMILES string of the molecule is NC(=O)[C@H](Cc1ccccc1)NC(=O)n1c(=O)n(CC2CCC(=O)N2)c2ccccc21. The van der Waals surface area contributed by atoms with Gasteiger partial charge in [0.25, 0.3) is 0 Å². The van der Waals surface area contributed by atoms with Crippen molar-refractivity contribution in [3.63, 3.8) is 0 Å². The van der Waals surface area contributed by atoms with Gasteiger partial charge in [0.05, 0.1) is 11.0 Å². The molecule has 1 unspecified atom stereocenters. The summed E-state index contributed by atoms with van der Waals surface area (Å²) in [6, 6.07) is 14.2. The van der Waals surface area contributed by atoms with E-state index >= 15 is 0 Å². The Kier molecular flexibility index (Phi) is 5.57. The molecule has 3 aromatic rings. The molecule has 2 aromatic carbocycles. The molecule has 0 saturated carbocycles. The molecule has 0 bridgehead atoms. The smallest absolute Gasteiger partial charge is 0.337 e. The fourth-order valence-corrected chi connectivity index (χ4v) is 3.90. The van der Waals surface area contributed by atoms with Gasteiger partial charge in [-0.2, -0.15) is 0 Å². The predicted octanol–water partition coefficient (Wildman–Crippen LogP) is 0.736. The number of carbonyl (C=O) groups is 3. The molecule has 1 saturated heterocycles. The van der Waals surface area contributed by atoms with Gasteiger partial charge in [0.1, 0.15) is 6.04 Å². The summed E-state index contributed by atoms with van der Waals surface area (Å²) < 4.78 is 2.48. The standard InChI is InChI=1S/C22H23N5O4/c23-20(29)16(12-14-6-2-1-3-7-14)25-21(30)27-18-9-5-4-8-17(18)26(22(27)31)13-15-10-11-19(28)24-15/h1-9,15-16H,10-13H2,(H2,23,29)(H,24,28)(H,25,30)/t15?,16-/m0/s1. The lowest BCUT2D eigenvalue weighted by Gasteiger charge is -2.15. The summed E-state index contributed by atoms with van der Waals surface area (Å²) in [7, 11) is 0. The summed E-state index contributed by atoms with van der Waals surface area (Å²) in [4.78, 5) is 49.7. The zero-order chi connectivity index (χ0) is 22.0. The third-order valence-electron chi connectivity index (χ3n) is 5.45. The molecular weight excluding hydrogens is 398 g/mol. The van der Waals surface area contributed by atoms with E-state index in [0.29, 0.717) is 23.9 Å².